The Morgan fingerprint density at radius 1 is 1.20 bits per heavy atom. The summed E-state index contributed by atoms with van der Waals surface area (Å²) >= 11 is 0. The molecule has 2 aromatic rings. The van der Waals surface area contributed by atoms with E-state index in [1.807, 2.05) is 30.3 Å². The molecule has 0 aliphatic carbocycles. The van der Waals surface area contributed by atoms with Gasteiger partial charge in [-0.2, -0.15) is 0 Å². The van der Waals surface area contributed by atoms with Crippen LogP contribution in [-0.4, -0.2) is 12.0 Å². The first-order valence-electron chi connectivity index (χ1n) is 6.49. The lowest BCUT2D eigenvalue weighted by Crippen LogP contribution is -2.35. The maximum atomic E-state index is 11.9. The maximum absolute atomic E-state index is 11.9. The van der Waals surface area contributed by atoms with Gasteiger partial charge in [-0.05, 0) is 24.6 Å². The highest BCUT2D eigenvalue weighted by atomic mass is 16.5. The van der Waals surface area contributed by atoms with Gasteiger partial charge in [-0.1, -0.05) is 36.4 Å². The number of carbonyl (C=O) groups excluding carboxylic acids is 1. The van der Waals surface area contributed by atoms with Crippen LogP contribution in [0.3, 0.4) is 0 Å². The zero-order chi connectivity index (χ0) is 14.4. The quantitative estimate of drug-likeness (QED) is 0.820. The predicted molar refractivity (Wildman–Crippen MR) is 79.2 cm³/mol. The van der Waals surface area contributed by atoms with Gasteiger partial charge in [-0.3, -0.25) is 4.79 Å². The molecular weight excluding hydrogens is 252 g/mol. The van der Waals surface area contributed by atoms with Crippen molar-refractivity contribution in [3.05, 3.63) is 60.2 Å². The second kappa shape index (κ2) is 6.61. The Hall–Kier alpha value is -2.49. The molecule has 0 aromatic heterocycles. The van der Waals surface area contributed by atoms with Gasteiger partial charge in [-0.15, -0.1) is 0 Å². The van der Waals surface area contributed by atoms with Crippen LogP contribution in [0.25, 0.3) is 0 Å². The van der Waals surface area contributed by atoms with Crippen LogP contribution in [0.5, 0.6) is 5.75 Å². The van der Waals surface area contributed by atoms with Crippen LogP contribution >= 0.6 is 0 Å². The largest absolute Gasteiger partial charge is 0.481 e. The molecule has 0 saturated heterocycles. The first kappa shape index (κ1) is 13.9. The van der Waals surface area contributed by atoms with Crippen molar-refractivity contribution in [2.45, 2.75) is 19.6 Å². The van der Waals surface area contributed by atoms with E-state index in [4.69, 9.17) is 10.5 Å². The Morgan fingerprint density at radius 3 is 2.65 bits per heavy atom. The summed E-state index contributed by atoms with van der Waals surface area (Å²) in [5.74, 6) is 0.434. The van der Waals surface area contributed by atoms with Crippen molar-refractivity contribution >= 4 is 11.6 Å². The molecule has 2 rings (SSSR count). The molecule has 4 nitrogen and oxygen atoms in total. The van der Waals surface area contributed by atoms with Crippen LogP contribution in [-0.2, 0) is 11.3 Å². The second-order valence-corrected chi connectivity index (χ2v) is 4.54. The molecule has 104 valence electrons. The zero-order valence-electron chi connectivity index (χ0n) is 11.4. The molecule has 2 aromatic carbocycles. The van der Waals surface area contributed by atoms with Crippen LogP contribution < -0.4 is 15.8 Å². The summed E-state index contributed by atoms with van der Waals surface area (Å²) in [6, 6.07) is 16.8. The molecule has 0 radical (unpaired) electrons. The van der Waals surface area contributed by atoms with Gasteiger partial charge in [0.2, 0.25) is 0 Å². The summed E-state index contributed by atoms with van der Waals surface area (Å²) < 4.78 is 5.55. The number of hydrogen-bond acceptors (Lipinski definition) is 3. The van der Waals surface area contributed by atoms with E-state index >= 15 is 0 Å². The van der Waals surface area contributed by atoms with Crippen molar-refractivity contribution < 1.29 is 9.53 Å². The van der Waals surface area contributed by atoms with Crippen molar-refractivity contribution in [2.24, 2.45) is 0 Å². The van der Waals surface area contributed by atoms with E-state index < -0.39 is 6.10 Å². The molecule has 0 fully saturated rings. The Kier molecular flexibility index (Phi) is 4.60. The molecule has 1 unspecified atom stereocenters. The molecule has 3 N–H and O–H groups in total. The van der Waals surface area contributed by atoms with Gasteiger partial charge in [0.15, 0.2) is 6.10 Å². The number of carbonyl (C=O) groups is 1. The van der Waals surface area contributed by atoms with Gasteiger partial charge >= 0.3 is 0 Å². The fraction of sp³-hybridized carbons (Fsp3) is 0.188. The SMILES string of the molecule is CC(Oc1cccc(N)c1)C(=O)NCc1ccccc1. The van der Waals surface area contributed by atoms with E-state index in [1.165, 1.54) is 0 Å². The Labute approximate surface area is 118 Å². The molecule has 0 saturated carbocycles. The van der Waals surface area contributed by atoms with Crippen molar-refractivity contribution in [1.29, 1.82) is 0 Å². The molecule has 0 aliphatic heterocycles. The summed E-state index contributed by atoms with van der Waals surface area (Å²) in [6.45, 7) is 2.20. The highest BCUT2D eigenvalue weighted by Crippen LogP contribution is 2.16. The van der Waals surface area contributed by atoms with E-state index in [1.54, 1.807) is 31.2 Å². The van der Waals surface area contributed by atoms with Crippen molar-refractivity contribution in [3.63, 3.8) is 0 Å². The Morgan fingerprint density at radius 2 is 1.95 bits per heavy atom. The third-order valence-electron chi connectivity index (χ3n) is 2.85. The van der Waals surface area contributed by atoms with Gasteiger partial charge in [0.05, 0.1) is 0 Å². The van der Waals surface area contributed by atoms with E-state index in [0.29, 0.717) is 18.0 Å². The topological polar surface area (TPSA) is 64.3 Å². The van der Waals surface area contributed by atoms with E-state index in [2.05, 4.69) is 5.32 Å². The normalized spacial score (nSPS) is 11.7. The maximum Gasteiger partial charge on any atom is 0.261 e. The summed E-state index contributed by atoms with van der Waals surface area (Å²) in [5.41, 5.74) is 7.33. The van der Waals surface area contributed by atoms with Crippen molar-refractivity contribution in [3.8, 4) is 5.75 Å². The molecule has 0 bridgehead atoms. The molecule has 1 amide bonds. The van der Waals surface area contributed by atoms with Crippen molar-refractivity contribution in [2.75, 3.05) is 5.73 Å². The number of nitrogen functional groups attached to an aromatic ring is 1. The smallest absolute Gasteiger partial charge is 0.261 e. The number of ether oxygens (including phenoxy) is 1. The number of rotatable bonds is 5. The van der Waals surface area contributed by atoms with Gasteiger partial charge in [-0.25, -0.2) is 0 Å². The van der Waals surface area contributed by atoms with Gasteiger partial charge in [0.1, 0.15) is 5.75 Å². The molecule has 0 aliphatic rings. The van der Waals surface area contributed by atoms with E-state index in [-0.39, 0.29) is 5.91 Å². The van der Waals surface area contributed by atoms with E-state index in [9.17, 15) is 4.79 Å². The molecule has 0 spiro atoms. The third kappa shape index (κ3) is 4.02. The molecule has 20 heavy (non-hydrogen) atoms. The fourth-order valence-electron chi connectivity index (χ4n) is 1.77. The Balaban J connectivity index is 1.86. The van der Waals surface area contributed by atoms with Gasteiger partial charge < -0.3 is 15.8 Å². The standard InChI is InChI=1S/C16H18N2O2/c1-12(20-15-9-5-8-14(17)10-15)16(19)18-11-13-6-3-2-4-7-13/h2-10,12H,11,17H2,1H3,(H,18,19). The fourth-order valence-corrected chi connectivity index (χ4v) is 1.77. The summed E-state index contributed by atoms with van der Waals surface area (Å²) in [4.78, 5) is 11.9. The number of nitrogens with one attached hydrogen (secondary N) is 1. The lowest BCUT2D eigenvalue weighted by atomic mass is 10.2. The molecular formula is C16H18N2O2. The third-order valence-corrected chi connectivity index (χ3v) is 2.85. The van der Waals surface area contributed by atoms with Crippen molar-refractivity contribution in [1.82, 2.24) is 5.32 Å². The summed E-state index contributed by atoms with van der Waals surface area (Å²) in [6.07, 6.45) is -0.569. The number of hydrogen-bond donors (Lipinski definition) is 2. The summed E-state index contributed by atoms with van der Waals surface area (Å²) in [5, 5.41) is 2.84. The highest BCUT2D eigenvalue weighted by molar-refractivity contribution is 5.80. The van der Waals surface area contributed by atoms with Crippen LogP contribution in [0.15, 0.2) is 54.6 Å². The number of amides is 1. The lowest BCUT2D eigenvalue weighted by molar-refractivity contribution is -0.127. The van der Waals surface area contributed by atoms with Crippen LogP contribution in [0.1, 0.15) is 12.5 Å². The van der Waals surface area contributed by atoms with Gasteiger partial charge in [0.25, 0.3) is 5.91 Å². The zero-order valence-corrected chi connectivity index (χ0v) is 11.4. The van der Waals surface area contributed by atoms with Crippen LogP contribution in [0, 0.1) is 0 Å². The highest BCUT2D eigenvalue weighted by Gasteiger charge is 2.14. The first-order chi connectivity index (χ1) is 9.65. The minimum atomic E-state index is -0.569. The number of anilines is 1. The number of benzene rings is 2. The second-order valence-electron chi connectivity index (χ2n) is 4.54. The predicted octanol–water partition coefficient (Wildman–Crippen LogP) is 2.35. The summed E-state index contributed by atoms with van der Waals surface area (Å²) in [7, 11) is 0. The lowest BCUT2D eigenvalue weighted by Gasteiger charge is -2.15. The van der Waals surface area contributed by atoms with E-state index in [0.717, 1.165) is 5.56 Å². The van der Waals surface area contributed by atoms with Crippen LogP contribution in [0.2, 0.25) is 0 Å². The van der Waals surface area contributed by atoms with Gasteiger partial charge in [0, 0.05) is 18.3 Å². The minimum absolute atomic E-state index is 0.156. The van der Waals surface area contributed by atoms with Crippen LogP contribution in [0.4, 0.5) is 5.69 Å². The Bertz CT molecular complexity index is 570. The first-order valence-corrected chi connectivity index (χ1v) is 6.49. The molecule has 1 atom stereocenters. The molecule has 4 heteroatoms. The average Bonchev–Trinajstić information content (AvgIpc) is 2.46. The number of nitrogens with two attached hydrogens (primary N) is 1. The monoisotopic (exact) mass is 270 g/mol. The minimum Gasteiger partial charge on any atom is -0.481 e. The average molecular weight is 270 g/mol. The molecule has 0 heterocycles.